The van der Waals surface area contributed by atoms with Crippen LogP contribution in [0.5, 0.6) is 0 Å². The molecule has 7 heteroatoms. The molecule has 4 saturated carbocycles. The lowest BCUT2D eigenvalue weighted by Crippen LogP contribution is -2.68. The second-order valence-corrected chi connectivity index (χ2v) is 14.7. The Kier molecular flexibility index (Phi) is 7.49. The van der Waals surface area contributed by atoms with Gasteiger partial charge in [-0.05, 0) is 85.9 Å². The molecule has 0 aliphatic heterocycles. The minimum atomic E-state index is -4.63. The van der Waals surface area contributed by atoms with Crippen LogP contribution in [0.25, 0.3) is 0 Å². The van der Waals surface area contributed by atoms with Gasteiger partial charge >= 0.3 is 7.82 Å². The van der Waals surface area contributed by atoms with Crippen LogP contribution in [-0.4, -0.2) is 37.8 Å². The maximum atomic E-state index is 11.8. The Morgan fingerprint density at radius 3 is 2.35 bits per heavy atom. The zero-order valence-corrected chi connectivity index (χ0v) is 22.8. The summed E-state index contributed by atoms with van der Waals surface area (Å²) in [5, 5.41) is 23.2. The van der Waals surface area contributed by atoms with Crippen molar-refractivity contribution in [1.82, 2.24) is 0 Å². The van der Waals surface area contributed by atoms with E-state index in [1.54, 1.807) is 0 Å². The normalized spacial score (nSPS) is 47.7. The molecule has 4 fully saturated rings. The van der Waals surface area contributed by atoms with Crippen LogP contribution in [0.1, 0.15) is 105 Å². The summed E-state index contributed by atoms with van der Waals surface area (Å²) in [6.07, 6.45) is 8.90. The van der Waals surface area contributed by atoms with E-state index in [-0.39, 0.29) is 6.42 Å². The molecular weight excluding hydrogens is 451 g/mol. The van der Waals surface area contributed by atoms with Gasteiger partial charge in [0.2, 0.25) is 0 Å². The molecule has 6 nitrogen and oxygen atoms in total. The molecule has 0 heterocycles. The van der Waals surface area contributed by atoms with E-state index in [1.807, 2.05) is 0 Å². The summed E-state index contributed by atoms with van der Waals surface area (Å²) in [6.45, 7) is 11.7. The highest BCUT2D eigenvalue weighted by Gasteiger charge is 2.67. The molecule has 0 aromatic heterocycles. The van der Waals surface area contributed by atoms with E-state index in [0.29, 0.717) is 42.4 Å². The van der Waals surface area contributed by atoms with Gasteiger partial charge in [0.1, 0.15) is 0 Å². The Balaban J connectivity index is 1.51. The quantitative estimate of drug-likeness (QED) is 0.336. The van der Waals surface area contributed by atoms with Gasteiger partial charge in [-0.2, -0.15) is 0 Å². The molecule has 34 heavy (non-hydrogen) atoms. The summed E-state index contributed by atoms with van der Waals surface area (Å²) in [6, 6.07) is 0. The van der Waals surface area contributed by atoms with Gasteiger partial charge in [0.25, 0.3) is 0 Å². The van der Waals surface area contributed by atoms with Crippen LogP contribution in [0.2, 0.25) is 0 Å². The van der Waals surface area contributed by atoms with Gasteiger partial charge < -0.3 is 20.0 Å². The fraction of sp³-hybridized carbons (Fsp3) is 1.00. The number of fused-ring (bicyclic) bond motifs is 5. The maximum Gasteiger partial charge on any atom is 0.469 e. The summed E-state index contributed by atoms with van der Waals surface area (Å²) >= 11 is 0. The van der Waals surface area contributed by atoms with E-state index in [2.05, 4.69) is 34.6 Å². The lowest BCUT2D eigenvalue weighted by Gasteiger charge is -2.65. The van der Waals surface area contributed by atoms with Crippen molar-refractivity contribution in [3.63, 3.8) is 0 Å². The lowest BCUT2D eigenvalue weighted by molar-refractivity contribution is -0.263. The van der Waals surface area contributed by atoms with Crippen molar-refractivity contribution in [2.24, 2.45) is 46.3 Å². The Hall–Kier alpha value is 0.0300. The van der Waals surface area contributed by atoms with Crippen molar-refractivity contribution >= 4 is 7.82 Å². The SMILES string of the molecule is CC(C)CCC[C@@H](C)[C@H]1CC[C@H]2[C@@H]3CC(O)C4(O)CC(OP(=O)(O)O)CC[C@]4(C)[C@H]3CC[C@]12C. The average molecular weight is 501 g/mol. The molecule has 0 radical (unpaired) electrons. The summed E-state index contributed by atoms with van der Waals surface area (Å²) in [4.78, 5) is 18.6. The Morgan fingerprint density at radius 2 is 1.71 bits per heavy atom. The molecule has 0 spiro atoms. The van der Waals surface area contributed by atoms with Gasteiger partial charge in [0, 0.05) is 11.8 Å². The Morgan fingerprint density at radius 1 is 1.00 bits per heavy atom. The predicted molar refractivity (Wildman–Crippen MR) is 133 cm³/mol. The van der Waals surface area contributed by atoms with Crippen molar-refractivity contribution in [1.29, 1.82) is 0 Å². The Bertz CT molecular complexity index is 783. The molecule has 0 amide bonds. The van der Waals surface area contributed by atoms with Crippen LogP contribution in [0.4, 0.5) is 0 Å². The molecule has 3 unspecified atom stereocenters. The highest BCUT2D eigenvalue weighted by atomic mass is 31.2. The molecule has 0 bridgehead atoms. The van der Waals surface area contributed by atoms with Crippen LogP contribution in [-0.2, 0) is 9.09 Å². The highest BCUT2D eigenvalue weighted by Crippen LogP contribution is 2.69. The van der Waals surface area contributed by atoms with Gasteiger partial charge in [0.15, 0.2) is 0 Å². The van der Waals surface area contributed by atoms with Crippen molar-refractivity contribution in [2.45, 2.75) is 123 Å². The first-order valence-corrected chi connectivity index (χ1v) is 15.4. The van der Waals surface area contributed by atoms with Crippen LogP contribution in [0.3, 0.4) is 0 Å². The lowest BCUT2D eigenvalue weighted by atomic mass is 9.42. The standard InChI is InChI=1S/C27H49O6P/c1-17(2)7-6-8-18(3)21-9-10-22-20-15-24(28)27(29)16-19(33-34(30,31)32)11-14-26(27,5)23(20)12-13-25(21,22)4/h17-24,28-29H,6-16H2,1-5H3,(H2,30,31,32)/t18-,19?,20+,21-,22+,23+,24?,25-,26-,27?/m1/s1. The largest absolute Gasteiger partial charge is 0.469 e. The molecular formula is C27H49O6P. The molecule has 198 valence electrons. The van der Waals surface area contributed by atoms with E-state index < -0.39 is 31.0 Å². The van der Waals surface area contributed by atoms with Gasteiger partial charge in [-0.1, -0.05) is 53.9 Å². The minimum Gasteiger partial charge on any atom is -0.390 e. The smallest absolute Gasteiger partial charge is 0.390 e. The van der Waals surface area contributed by atoms with E-state index in [4.69, 9.17) is 4.52 Å². The number of hydrogen-bond donors (Lipinski definition) is 4. The monoisotopic (exact) mass is 500 g/mol. The molecule has 0 aromatic carbocycles. The molecule has 4 aliphatic rings. The van der Waals surface area contributed by atoms with Gasteiger partial charge in [0.05, 0.1) is 17.8 Å². The number of phosphoric ester groups is 1. The summed E-state index contributed by atoms with van der Waals surface area (Å²) < 4.78 is 16.4. The average Bonchev–Trinajstić information content (AvgIpc) is 3.06. The maximum absolute atomic E-state index is 11.8. The van der Waals surface area contributed by atoms with Crippen LogP contribution in [0.15, 0.2) is 0 Å². The number of hydrogen-bond acceptors (Lipinski definition) is 4. The number of phosphoric acid groups is 1. The number of rotatable bonds is 7. The minimum absolute atomic E-state index is 0.0937. The van der Waals surface area contributed by atoms with E-state index in [1.165, 1.54) is 38.5 Å². The van der Waals surface area contributed by atoms with Crippen molar-refractivity contribution < 1.29 is 29.1 Å². The van der Waals surface area contributed by atoms with Crippen LogP contribution < -0.4 is 0 Å². The fourth-order valence-corrected chi connectivity index (χ4v) is 10.1. The third kappa shape index (κ3) is 4.58. The molecule has 4 N–H and O–H groups in total. The third-order valence-corrected chi connectivity index (χ3v) is 11.9. The zero-order chi connectivity index (χ0) is 25.1. The summed E-state index contributed by atoms with van der Waals surface area (Å²) in [7, 11) is -4.63. The first-order chi connectivity index (χ1) is 15.7. The van der Waals surface area contributed by atoms with Crippen molar-refractivity contribution in [2.75, 3.05) is 0 Å². The number of aliphatic hydroxyl groups is 2. The predicted octanol–water partition coefficient (Wildman–Crippen LogP) is 5.67. The van der Waals surface area contributed by atoms with Crippen LogP contribution >= 0.6 is 7.82 Å². The van der Waals surface area contributed by atoms with Gasteiger partial charge in [-0.25, -0.2) is 4.57 Å². The third-order valence-electron chi connectivity index (χ3n) is 11.3. The molecule has 0 aromatic rings. The first kappa shape index (κ1) is 27.1. The van der Waals surface area contributed by atoms with Crippen LogP contribution in [0, 0.1) is 46.3 Å². The molecule has 10 atom stereocenters. The van der Waals surface area contributed by atoms with Crippen molar-refractivity contribution in [3.05, 3.63) is 0 Å². The zero-order valence-electron chi connectivity index (χ0n) is 21.9. The van der Waals surface area contributed by atoms with Gasteiger partial charge in [-0.15, -0.1) is 0 Å². The second-order valence-electron chi connectivity index (χ2n) is 13.5. The second kappa shape index (κ2) is 9.40. The summed E-state index contributed by atoms with van der Waals surface area (Å²) in [5.41, 5.74) is -1.50. The first-order valence-electron chi connectivity index (χ1n) is 13.9. The van der Waals surface area contributed by atoms with E-state index >= 15 is 0 Å². The van der Waals surface area contributed by atoms with E-state index in [9.17, 15) is 24.6 Å². The highest BCUT2D eigenvalue weighted by molar-refractivity contribution is 7.46. The fourth-order valence-electron chi connectivity index (χ4n) is 9.55. The molecule has 0 saturated heterocycles. The number of aliphatic hydroxyl groups excluding tert-OH is 1. The molecule has 4 rings (SSSR count). The summed E-state index contributed by atoms with van der Waals surface area (Å²) in [5.74, 6) is 3.57. The van der Waals surface area contributed by atoms with Gasteiger partial charge in [-0.3, -0.25) is 4.52 Å². The molecule has 4 aliphatic carbocycles. The Labute approximate surface area is 206 Å². The van der Waals surface area contributed by atoms with Crippen molar-refractivity contribution in [3.8, 4) is 0 Å². The topological polar surface area (TPSA) is 107 Å². The van der Waals surface area contributed by atoms with E-state index in [0.717, 1.165) is 24.2 Å².